The van der Waals surface area contributed by atoms with Crippen molar-refractivity contribution in [2.45, 2.75) is 0 Å². The van der Waals surface area contributed by atoms with Crippen LogP contribution in [0.2, 0.25) is 0 Å². The van der Waals surface area contributed by atoms with Gasteiger partial charge in [-0.15, -0.1) is 0 Å². The van der Waals surface area contributed by atoms with Gasteiger partial charge in [-0.3, -0.25) is 0 Å². The zero-order valence-electron chi connectivity index (χ0n) is 7.06. The van der Waals surface area contributed by atoms with Gasteiger partial charge in [0.2, 0.25) is 0 Å². The van der Waals surface area contributed by atoms with Crippen molar-refractivity contribution in [2.75, 3.05) is 5.32 Å². The molecule has 1 amide bonds. The van der Waals surface area contributed by atoms with Gasteiger partial charge in [-0.25, -0.2) is 0 Å². The average Bonchev–Trinajstić information content (AvgIpc) is 2.18. The third-order valence-corrected chi connectivity index (χ3v) is 2.73. The Morgan fingerprint density at radius 2 is 1.79 bits per heavy atom. The van der Waals surface area contributed by atoms with Crippen molar-refractivity contribution < 1.29 is 34.0 Å². The molecule has 0 spiro atoms. The molecule has 0 aliphatic heterocycles. The number of carbonyl (C=O) groups is 2. The van der Waals surface area contributed by atoms with Gasteiger partial charge < -0.3 is 0 Å². The number of nitrogens with one attached hydrogen (secondary N) is 1. The van der Waals surface area contributed by atoms with E-state index in [-0.39, 0.29) is 3.90 Å². The fraction of sp³-hybridized carbons (Fsp3) is 0. The Labute approximate surface area is 91.3 Å². The third-order valence-electron chi connectivity index (χ3n) is 1.43. The fourth-order valence-corrected chi connectivity index (χ4v) is 0.990. The number of hydrogen-bond donors (Lipinski definition) is 2. The molecule has 5 heteroatoms. The van der Waals surface area contributed by atoms with E-state index in [1.54, 1.807) is 24.3 Å². The minimum atomic E-state index is -1.17. The van der Waals surface area contributed by atoms with Gasteiger partial charge in [-0.05, 0) is 0 Å². The van der Waals surface area contributed by atoms with Gasteiger partial charge in [-0.1, -0.05) is 0 Å². The third kappa shape index (κ3) is 2.89. The molecular weight excluding hydrogens is 354 g/mol. The second-order valence-electron chi connectivity index (χ2n) is 2.45. The van der Waals surface area contributed by atoms with Crippen molar-refractivity contribution in [1.29, 1.82) is 0 Å². The fourth-order valence-electron chi connectivity index (χ4n) is 0.806. The van der Waals surface area contributed by atoms with Crippen molar-refractivity contribution in [3.05, 3.63) is 30.3 Å². The summed E-state index contributed by atoms with van der Waals surface area (Å²) in [4.78, 5) is 21.7. The Morgan fingerprint density at radius 1 is 1.21 bits per heavy atom. The molecule has 0 saturated carbocycles. The zero-order valence-corrected chi connectivity index (χ0v) is 9.99. The second kappa shape index (κ2) is 4.82. The summed E-state index contributed by atoms with van der Waals surface area (Å²) in [5.74, 6) is -1.73. The first-order valence-electron chi connectivity index (χ1n) is 3.75. The SMILES string of the molecule is O=C(O)[C](=[W])C(=O)Nc1ccccc1. The van der Waals surface area contributed by atoms with E-state index in [1.165, 1.54) is 0 Å². The van der Waals surface area contributed by atoms with Crippen LogP contribution in [0.15, 0.2) is 30.3 Å². The molecule has 1 aromatic rings. The Hall–Kier alpha value is -1.28. The second-order valence-corrected chi connectivity index (χ2v) is 3.92. The molecule has 1 aromatic carbocycles. The molecule has 14 heavy (non-hydrogen) atoms. The van der Waals surface area contributed by atoms with E-state index in [4.69, 9.17) is 5.11 Å². The number of carbonyl (C=O) groups excluding carboxylic acids is 1. The van der Waals surface area contributed by atoms with Gasteiger partial charge in [0.25, 0.3) is 0 Å². The number of carboxylic acids is 1. The molecule has 1 rings (SSSR count). The first kappa shape index (κ1) is 10.8. The molecular formula is C9H7NO3W. The van der Waals surface area contributed by atoms with Crippen molar-refractivity contribution >= 4 is 21.5 Å². The van der Waals surface area contributed by atoms with Crippen LogP contribution in [0, 0.1) is 0 Å². The number of para-hydroxylation sites is 1. The normalized spacial score (nSPS) is 9.14. The number of carboxylic acid groups (broad SMARTS) is 1. The first-order chi connectivity index (χ1) is 6.61. The quantitative estimate of drug-likeness (QED) is 0.768. The number of hydrogen-bond acceptors (Lipinski definition) is 2. The van der Waals surface area contributed by atoms with Crippen LogP contribution in [-0.2, 0) is 28.9 Å². The van der Waals surface area contributed by atoms with Crippen LogP contribution in [0.4, 0.5) is 5.69 Å². The first-order valence-corrected chi connectivity index (χ1v) is 5.21. The summed E-state index contributed by atoms with van der Waals surface area (Å²) in [7, 11) is 0. The maximum atomic E-state index is 11.2. The zero-order chi connectivity index (χ0) is 10.6. The summed E-state index contributed by atoms with van der Waals surface area (Å²) in [6.07, 6.45) is 0. The molecule has 2 N–H and O–H groups in total. The molecule has 0 bridgehead atoms. The Morgan fingerprint density at radius 3 is 2.29 bits per heavy atom. The number of benzene rings is 1. The predicted octanol–water partition coefficient (Wildman–Crippen LogP) is 0.429. The Bertz CT molecular complexity index is 375. The van der Waals surface area contributed by atoms with Crippen LogP contribution in [-0.4, -0.2) is 20.9 Å². The number of anilines is 1. The van der Waals surface area contributed by atoms with Gasteiger partial charge in [-0.2, -0.15) is 0 Å². The molecule has 72 valence electrons. The van der Waals surface area contributed by atoms with E-state index in [0.29, 0.717) is 25.0 Å². The monoisotopic (exact) mass is 361 g/mol. The van der Waals surface area contributed by atoms with Gasteiger partial charge in [0, 0.05) is 0 Å². The molecule has 0 unspecified atom stereocenters. The van der Waals surface area contributed by atoms with Crippen LogP contribution in [0.5, 0.6) is 0 Å². The van der Waals surface area contributed by atoms with Crippen molar-refractivity contribution in [2.24, 2.45) is 0 Å². The van der Waals surface area contributed by atoms with Crippen molar-refractivity contribution in [3.8, 4) is 0 Å². The van der Waals surface area contributed by atoms with Gasteiger partial charge in [0.1, 0.15) is 0 Å². The molecule has 0 fully saturated rings. The maximum absolute atomic E-state index is 11.2. The molecule has 0 atom stereocenters. The van der Waals surface area contributed by atoms with E-state index in [0.717, 1.165) is 0 Å². The van der Waals surface area contributed by atoms with Crippen molar-refractivity contribution in [3.63, 3.8) is 0 Å². The van der Waals surface area contributed by atoms with Gasteiger partial charge in [0.15, 0.2) is 0 Å². The molecule has 0 saturated heterocycles. The van der Waals surface area contributed by atoms with Gasteiger partial charge in [0.05, 0.1) is 0 Å². The predicted molar refractivity (Wildman–Crippen MR) is 47.7 cm³/mol. The average molecular weight is 361 g/mol. The summed E-state index contributed by atoms with van der Waals surface area (Å²) in [5, 5.41) is 11.0. The van der Waals surface area contributed by atoms with E-state index in [9.17, 15) is 9.59 Å². The minimum absolute atomic E-state index is 0.145. The van der Waals surface area contributed by atoms with Crippen molar-refractivity contribution in [1.82, 2.24) is 0 Å². The molecule has 0 heterocycles. The molecule has 0 aliphatic carbocycles. The standard InChI is InChI=1S/C9H7NO3.W/c11-8(6-9(12)13)10-7-4-2-1-3-5-7;/h1-5H,(H,10,11)(H,12,13);. The van der Waals surface area contributed by atoms with E-state index >= 15 is 0 Å². The summed E-state index contributed by atoms with van der Waals surface area (Å²) >= 11 is 0.640. The van der Waals surface area contributed by atoms with E-state index in [2.05, 4.69) is 5.32 Å². The van der Waals surface area contributed by atoms with Crippen LogP contribution in [0.1, 0.15) is 0 Å². The molecule has 4 nitrogen and oxygen atoms in total. The number of rotatable bonds is 3. The number of aliphatic carboxylic acids is 1. The van der Waals surface area contributed by atoms with Crippen LogP contribution < -0.4 is 5.32 Å². The van der Waals surface area contributed by atoms with Crippen LogP contribution in [0.25, 0.3) is 0 Å². The number of amides is 1. The molecule has 0 radical (unpaired) electrons. The molecule has 0 aliphatic rings. The van der Waals surface area contributed by atoms with Gasteiger partial charge >= 0.3 is 91.2 Å². The molecule has 0 aromatic heterocycles. The topological polar surface area (TPSA) is 66.4 Å². The van der Waals surface area contributed by atoms with Crippen LogP contribution >= 0.6 is 0 Å². The summed E-state index contributed by atoms with van der Waals surface area (Å²) in [6.45, 7) is 0. The summed E-state index contributed by atoms with van der Waals surface area (Å²) in [5.41, 5.74) is 0.595. The summed E-state index contributed by atoms with van der Waals surface area (Å²) < 4.78 is -0.145. The van der Waals surface area contributed by atoms with E-state index in [1.807, 2.05) is 6.07 Å². The Balaban J connectivity index is 2.67. The van der Waals surface area contributed by atoms with Crippen LogP contribution in [0.3, 0.4) is 0 Å². The summed E-state index contributed by atoms with van der Waals surface area (Å²) in [6, 6.07) is 8.73. The Kier molecular flexibility index (Phi) is 3.71. The van der Waals surface area contributed by atoms with E-state index < -0.39 is 11.9 Å².